The first-order valence-corrected chi connectivity index (χ1v) is 11.4. The molecule has 1 atom stereocenters. The Balaban J connectivity index is 1.42. The van der Waals surface area contributed by atoms with Gasteiger partial charge >= 0.3 is 11.8 Å². The van der Waals surface area contributed by atoms with E-state index in [1.165, 1.54) is 16.8 Å². The number of amides is 2. The predicted molar refractivity (Wildman–Crippen MR) is 126 cm³/mol. The van der Waals surface area contributed by atoms with E-state index in [4.69, 9.17) is 4.74 Å². The summed E-state index contributed by atoms with van der Waals surface area (Å²) in [6.07, 6.45) is 4.56. The van der Waals surface area contributed by atoms with E-state index in [-0.39, 0.29) is 6.04 Å². The summed E-state index contributed by atoms with van der Waals surface area (Å²) in [6.45, 7) is 3.51. The third-order valence-electron chi connectivity index (χ3n) is 6.43. The number of methoxy groups -OCH3 is 1. The Labute approximate surface area is 189 Å². The molecule has 2 aromatic carbocycles. The van der Waals surface area contributed by atoms with Gasteiger partial charge in [0.2, 0.25) is 0 Å². The van der Waals surface area contributed by atoms with Gasteiger partial charge in [0.1, 0.15) is 5.75 Å². The minimum Gasteiger partial charge on any atom is -0.497 e. The molecule has 0 aliphatic carbocycles. The highest BCUT2D eigenvalue weighted by molar-refractivity contribution is 6.39. The van der Waals surface area contributed by atoms with Gasteiger partial charge in [-0.25, -0.2) is 0 Å². The van der Waals surface area contributed by atoms with Crippen LogP contribution < -0.4 is 20.3 Å². The monoisotopic (exact) mass is 436 g/mol. The Hall–Kier alpha value is -3.06. The van der Waals surface area contributed by atoms with E-state index in [1.807, 2.05) is 0 Å². The Bertz CT molecular complexity index is 954. The standard InChI is InChI=1S/C25H32N4O3/c1-28-13-5-6-18-16-19(7-12-22(18)28)23(29-14-3-4-15-29)17-26-24(30)25(31)27-20-8-10-21(32-2)11-9-20/h7-12,16,23H,3-6,13-15,17H2,1-2H3,(H,26,30)(H,27,31)/t23-/m0/s1. The molecule has 4 rings (SSSR count). The molecule has 0 radical (unpaired) electrons. The van der Waals surface area contributed by atoms with Gasteiger partial charge in [-0.1, -0.05) is 12.1 Å². The Morgan fingerprint density at radius 1 is 1.00 bits per heavy atom. The summed E-state index contributed by atoms with van der Waals surface area (Å²) in [6, 6.07) is 13.6. The Morgan fingerprint density at radius 3 is 2.47 bits per heavy atom. The van der Waals surface area contributed by atoms with E-state index < -0.39 is 11.8 Å². The molecule has 170 valence electrons. The number of likely N-dealkylation sites (tertiary alicyclic amines) is 1. The van der Waals surface area contributed by atoms with E-state index in [9.17, 15) is 9.59 Å². The lowest BCUT2D eigenvalue weighted by Crippen LogP contribution is -2.41. The Kier molecular flexibility index (Phi) is 6.95. The van der Waals surface area contributed by atoms with Gasteiger partial charge in [0.25, 0.3) is 0 Å². The van der Waals surface area contributed by atoms with E-state index in [0.29, 0.717) is 18.0 Å². The van der Waals surface area contributed by atoms with Crippen LogP contribution in [0.25, 0.3) is 0 Å². The van der Waals surface area contributed by atoms with Crippen molar-refractivity contribution in [2.75, 3.05) is 50.6 Å². The molecular weight excluding hydrogens is 404 g/mol. The fourth-order valence-corrected chi connectivity index (χ4v) is 4.66. The zero-order valence-corrected chi connectivity index (χ0v) is 18.9. The number of ether oxygens (including phenoxy) is 1. The van der Waals surface area contributed by atoms with Crippen LogP contribution in [0.2, 0.25) is 0 Å². The number of nitrogens with zero attached hydrogens (tertiary/aromatic N) is 2. The molecule has 7 heteroatoms. The van der Waals surface area contributed by atoms with Crippen LogP contribution >= 0.6 is 0 Å². The average Bonchev–Trinajstić information content (AvgIpc) is 3.34. The van der Waals surface area contributed by atoms with Crippen LogP contribution in [0, 0.1) is 0 Å². The highest BCUT2D eigenvalue weighted by Gasteiger charge is 2.26. The molecule has 2 aromatic rings. The number of carbonyl (C=O) groups is 2. The molecule has 0 spiro atoms. The second-order valence-electron chi connectivity index (χ2n) is 8.56. The SMILES string of the molecule is COc1ccc(NC(=O)C(=O)NC[C@@H](c2ccc3c(c2)CCCN3C)N2CCCC2)cc1. The van der Waals surface area contributed by atoms with Gasteiger partial charge < -0.3 is 20.3 Å². The zero-order chi connectivity index (χ0) is 22.5. The summed E-state index contributed by atoms with van der Waals surface area (Å²) in [5.74, 6) is -0.595. The second kappa shape index (κ2) is 10.0. The van der Waals surface area contributed by atoms with Crippen LogP contribution in [-0.4, -0.2) is 57.1 Å². The Morgan fingerprint density at radius 2 is 1.75 bits per heavy atom. The van der Waals surface area contributed by atoms with Gasteiger partial charge in [0.05, 0.1) is 13.2 Å². The molecule has 0 aromatic heterocycles. The van der Waals surface area contributed by atoms with Gasteiger partial charge in [-0.3, -0.25) is 14.5 Å². The highest BCUT2D eigenvalue weighted by atomic mass is 16.5. The number of carbonyl (C=O) groups excluding carboxylic acids is 2. The van der Waals surface area contributed by atoms with E-state index in [2.05, 4.69) is 45.7 Å². The minimum absolute atomic E-state index is 0.0627. The van der Waals surface area contributed by atoms with Crippen molar-refractivity contribution in [2.24, 2.45) is 0 Å². The maximum absolute atomic E-state index is 12.5. The number of anilines is 2. The summed E-state index contributed by atoms with van der Waals surface area (Å²) in [4.78, 5) is 29.6. The molecule has 0 unspecified atom stereocenters. The number of rotatable bonds is 6. The van der Waals surface area contributed by atoms with Gasteiger partial charge in [-0.15, -0.1) is 0 Å². The van der Waals surface area contributed by atoms with E-state index >= 15 is 0 Å². The van der Waals surface area contributed by atoms with Crippen LogP contribution in [0.1, 0.15) is 36.4 Å². The van der Waals surface area contributed by atoms with Crippen molar-refractivity contribution in [2.45, 2.75) is 31.7 Å². The average molecular weight is 437 g/mol. The lowest BCUT2D eigenvalue weighted by molar-refractivity contribution is -0.136. The van der Waals surface area contributed by atoms with Crippen molar-refractivity contribution in [3.8, 4) is 5.75 Å². The summed E-state index contributed by atoms with van der Waals surface area (Å²) in [5, 5.41) is 5.51. The maximum Gasteiger partial charge on any atom is 0.313 e. The molecule has 2 aliphatic heterocycles. The lowest BCUT2D eigenvalue weighted by Gasteiger charge is -2.31. The first-order chi connectivity index (χ1) is 15.5. The number of hydrogen-bond acceptors (Lipinski definition) is 5. The van der Waals surface area contributed by atoms with Crippen molar-refractivity contribution >= 4 is 23.2 Å². The third-order valence-corrected chi connectivity index (χ3v) is 6.43. The fraction of sp³-hybridized carbons (Fsp3) is 0.440. The molecule has 0 bridgehead atoms. The fourth-order valence-electron chi connectivity index (χ4n) is 4.66. The molecular formula is C25H32N4O3. The van der Waals surface area contributed by atoms with Gasteiger partial charge in [-0.05, 0) is 80.2 Å². The summed E-state index contributed by atoms with van der Waals surface area (Å²) < 4.78 is 5.12. The number of hydrogen-bond donors (Lipinski definition) is 2. The van der Waals surface area contributed by atoms with Crippen LogP contribution in [0.4, 0.5) is 11.4 Å². The zero-order valence-electron chi connectivity index (χ0n) is 18.9. The molecule has 1 saturated heterocycles. The summed E-state index contributed by atoms with van der Waals surface area (Å²) in [5.41, 5.74) is 4.42. The second-order valence-corrected chi connectivity index (χ2v) is 8.56. The van der Waals surface area contributed by atoms with Gasteiger partial charge in [0.15, 0.2) is 0 Å². The van der Waals surface area contributed by atoms with Gasteiger partial charge in [-0.2, -0.15) is 0 Å². The molecule has 7 nitrogen and oxygen atoms in total. The van der Waals surface area contributed by atoms with Crippen molar-refractivity contribution in [1.82, 2.24) is 10.2 Å². The van der Waals surface area contributed by atoms with Gasteiger partial charge in [0, 0.05) is 31.5 Å². The number of nitrogens with one attached hydrogen (secondary N) is 2. The maximum atomic E-state index is 12.5. The molecule has 1 fully saturated rings. The predicted octanol–water partition coefficient (Wildman–Crippen LogP) is 2.97. The van der Waals surface area contributed by atoms with Crippen LogP contribution in [-0.2, 0) is 16.0 Å². The van der Waals surface area contributed by atoms with Crippen molar-refractivity contribution in [3.05, 3.63) is 53.6 Å². The molecule has 2 heterocycles. The minimum atomic E-state index is -0.664. The van der Waals surface area contributed by atoms with E-state index in [1.54, 1.807) is 31.4 Å². The molecule has 2 amide bonds. The first-order valence-electron chi connectivity index (χ1n) is 11.4. The summed E-state index contributed by atoms with van der Waals surface area (Å²) >= 11 is 0. The largest absolute Gasteiger partial charge is 0.497 e. The van der Waals surface area contributed by atoms with Crippen LogP contribution in [0.3, 0.4) is 0 Å². The molecule has 32 heavy (non-hydrogen) atoms. The smallest absolute Gasteiger partial charge is 0.313 e. The molecule has 0 saturated carbocycles. The molecule has 2 N–H and O–H groups in total. The highest BCUT2D eigenvalue weighted by Crippen LogP contribution is 2.31. The number of fused-ring (bicyclic) bond motifs is 1. The lowest BCUT2D eigenvalue weighted by atomic mass is 9.96. The molecule has 2 aliphatic rings. The first kappa shape index (κ1) is 22.1. The normalized spacial score (nSPS) is 16.9. The topological polar surface area (TPSA) is 73.9 Å². The van der Waals surface area contributed by atoms with Crippen molar-refractivity contribution < 1.29 is 14.3 Å². The van der Waals surface area contributed by atoms with E-state index in [0.717, 1.165) is 45.3 Å². The van der Waals surface area contributed by atoms with Crippen molar-refractivity contribution in [3.63, 3.8) is 0 Å². The van der Waals surface area contributed by atoms with Crippen LogP contribution in [0.15, 0.2) is 42.5 Å². The van der Waals surface area contributed by atoms with Crippen molar-refractivity contribution in [1.29, 1.82) is 0 Å². The number of benzene rings is 2. The number of aryl methyl sites for hydroxylation is 1. The summed E-state index contributed by atoms with van der Waals surface area (Å²) in [7, 11) is 3.72. The van der Waals surface area contributed by atoms with Crippen LogP contribution in [0.5, 0.6) is 5.75 Å². The quantitative estimate of drug-likeness (QED) is 0.681. The third kappa shape index (κ3) is 5.05.